The zero-order valence-corrected chi connectivity index (χ0v) is 9.34. The molecule has 1 aromatic carbocycles. The first kappa shape index (κ1) is 11.1. The van der Waals surface area contributed by atoms with Crippen LogP contribution in [0, 0.1) is 6.92 Å². The van der Waals surface area contributed by atoms with Crippen LogP contribution in [-0.2, 0) is 0 Å². The third kappa shape index (κ3) is 2.39. The van der Waals surface area contributed by atoms with Crippen LogP contribution in [0.5, 0.6) is 0 Å². The van der Waals surface area contributed by atoms with Gasteiger partial charge in [-0.2, -0.15) is 0 Å². The number of carbonyl (C=O) groups excluding carboxylic acids is 1. The summed E-state index contributed by atoms with van der Waals surface area (Å²) in [5.41, 5.74) is 8.28. The third-order valence-electron chi connectivity index (χ3n) is 2.37. The predicted molar refractivity (Wildman–Crippen MR) is 65.6 cm³/mol. The maximum Gasteiger partial charge on any atom is 0.258 e. The van der Waals surface area contributed by atoms with Gasteiger partial charge in [0.25, 0.3) is 5.91 Å². The van der Waals surface area contributed by atoms with Gasteiger partial charge in [-0.1, -0.05) is 12.1 Å². The zero-order valence-electron chi connectivity index (χ0n) is 9.34. The molecule has 0 spiro atoms. The highest BCUT2D eigenvalue weighted by Crippen LogP contribution is 2.22. The first-order valence-electron chi connectivity index (χ1n) is 5.10. The second kappa shape index (κ2) is 4.61. The van der Waals surface area contributed by atoms with Crippen LogP contribution in [0.2, 0.25) is 0 Å². The van der Waals surface area contributed by atoms with Crippen molar-refractivity contribution < 1.29 is 4.79 Å². The minimum Gasteiger partial charge on any atom is -0.397 e. The van der Waals surface area contributed by atoms with Gasteiger partial charge in [0.2, 0.25) is 0 Å². The molecule has 0 radical (unpaired) electrons. The third-order valence-corrected chi connectivity index (χ3v) is 2.37. The van der Waals surface area contributed by atoms with Crippen molar-refractivity contribution >= 4 is 17.3 Å². The number of anilines is 2. The molecule has 0 atom stereocenters. The molecule has 0 aliphatic heterocycles. The molecule has 5 heteroatoms. The SMILES string of the molecule is Cc1cccc(N)c1NC(=O)c1cncnc1. The lowest BCUT2D eigenvalue weighted by Gasteiger charge is -2.10. The largest absolute Gasteiger partial charge is 0.397 e. The summed E-state index contributed by atoms with van der Waals surface area (Å²) in [6.07, 6.45) is 4.28. The number of nitrogens with zero attached hydrogens (tertiary/aromatic N) is 2. The number of amides is 1. The minimum absolute atomic E-state index is 0.272. The molecular formula is C12H12N4O. The highest BCUT2D eigenvalue weighted by molar-refractivity contribution is 6.05. The average Bonchev–Trinajstić information content (AvgIpc) is 2.35. The van der Waals surface area contributed by atoms with E-state index in [1.54, 1.807) is 6.07 Å². The van der Waals surface area contributed by atoms with E-state index in [0.29, 0.717) is 16.9 Å². The van der Waals surface area contributed by atoms with E-state index < -0.39 is 0 Å². The number of carbonyl (C=O) groups is 1. The molecule has 86 valence electrons. The second-order valence-corrected chi connectivity index (χ2v) is 3.62. The molecule has 5 nitrogen and oxygen atoms in total. The minimum atomic E-state index is -0.272. The van der Waals surface area contributed by atoms with Crippen LogP contribution in [0.25, 0.3) is 0 Å². The van der Waals surface area contributed by atoms with Gasteiger partial charge in [-0.25, -0.2) is 9.97 Å². The van der Waals surface area contributed by atoms with Crippen molar-refractivity contribution in [2.75, 3.05) is 11.1 Å². The Bertz CT molecular complexity index is 519. The molecule has 0 saturated carbocycles. The van der Waals surface area contributed by atoms with Crippen molar-refractivity contribution in [3.05, 3.63) is 48.0 Å². The summed E-state index contributed by atoms with van der Waals surface area (Å²) in [4.78, 5) is 19.4. The number of hydrogen-bond acceptors (Lipinski definition) is 4. The summed E-state index contributed by atoms with van der Waals surface area (Å²) in [6, 6.07) is 5.46. The van der Waals surface area contributed by atoms with Crippen LogP contribution in [0.1, 0.15) is 15.9 Å². The first-order chi connectivity index (χ1) is 8.18. The number of benzene rings is 1. The van der Waals surface area contributed by atoms with Gasteiger partial charge in [-0.15, -0.1) is 0 Å². The molecule has 0 unspecified atom stereocenters. The highest BCUT2D eigenvalue weighted by Gasteiger charge is 2.09. The number of aromatic nitrogens is 2. The number of para-hydroxylation sites is 1. The summed E-state index contributed by atoms with van der Waals surface area (Å²) >= 11 is 0. The van der Waals surface area contributed by atoms with E-state index in [9.17, 15) is 4.79 Å². The molecule has 1 aromatic heterocycles. The van der Waals surface area contributed by atoms with Crippen LogP contribution in [-0.4, -0.2) is 15.9 Å². The Morgan fingerprint density at radius 3 is 2.65 bits per heavy atom. The molecular weight excluding hydrogens is 216 g/mol. The van der Waals surface area contributed by atoms with E-state index in [-0.39, 0.29) is 5.91 Å². The van der Waals surface area contributed by atoms with Crippen LogP contribution >= 0.6 is 0 Å². The highest BCUT2D eigenvalue weighted by atomic mass is 16.1. The summed E-state index contributed by atoms with van der Waals surface area (Å²) in [6.45, 7) is 1.88. The lowest BCUT2D eigenvalue weighted by atomic mass is 10.1. The monoisotopic (exact) mass is 228 g/mol. The zero-order chi connectivity index (χ0) is 12.3. The van der Waals surface area contributed by atoms with Crippen molar-refractivity contribution in [1.29, 1.82) is 0 Å². The quantitative estimate of drug-likeness (QED) is 0.765. The normalized spacial score (nSPS) is 9.94. The number of nitrogens with one attached hydrogen (secondary N) is 1. The Hall–Kier alpha value is -2.43. The van der Waals surface area contributed by atoms with E-state index in [1.165, 1.54) is 18.7 Å². The Morgan fingerprint density at radius 1 is 1.29 bits per heavy atom. The number of rotatable bonds is 2. The Balaban J connectivity index is 2.25. The van der Waals surface area contributed by atoms with Crippen LogP contribution in [0.3, 0.4) is 0 Å². The molecule has 1 heterocycles. The van der Waals surface area contributed by atoms with Gasteiger partial charge in [0.15, 0.2) is 0 Å². The molecule has 3 N–H and O–H groups in total. The smallest absolute Gasteiger partial charge is 0.258 e. The van der Waals surface area contributed by atoms with Gasteiger partial charge in [-0.3, -0.25) is 4.79 Å². The molecule has 0 aliphatic carbocycles. The van der Waals surface area contributed by atoms with E-state index in [1.807, 2.05) is 19.1 Å². The lowest BCUT2D eigenvalue weighted by Crippen LogP contribution is -2.14. The second-order valence-electron chi connectivity index (χ2n) is 3.62. The molecule has 0 fully saturated rings. The summed E-state index contributed by atoms with van der Waals surface area (Å²) in [5, 5.41) is 2.75. The number of aryl methyl sites for hydroxylation is 1. The molecule has 0 saturated heterocycles. The molecule has 2 rings (SSSR count). The fourth-order valence-corrected chi connectivity index (χ4v) is 1.46. The van der Waals surface area contributed by atoms with Gasteiger partial charge in [0.05, 0.1) is 16.9 Å². The maximum atomic E-state index is 11.9. The summed E-state index contributed by atoms with van der Waals surface area (Å²) < 4.78 is 0. The molecule has 1 amide bonds. The number of nitrogens with two attached hydrogens (primary N) is 1. The number of hydrogen-bond donors (Lipinski definition) is 2. The Labute approximate surface area is 98.7 Å². The Morgan fingerprint density at radius 2 is 2.00 bits per heavy atom. The van der Waals surface area contributed by atoms with E-state index in [0.717, 1.165) is 5.56 Å². The molecule has 17 heavy (non-hydrogen) atoms. The van der Waals surface area contributed by atoms with Gasteiger partial charge in [-0.05, 0) is 18.6 Å². The number of nitrogen functional groups attached to an aromatic ring is 1. The topological polar surface area (TPSA) is 80.9 Å². The van der Waals surface area contributed by atoms with Crippen LogP contribution in [0.4, 0.5) is 11.4 Å². The molecule has 2 aromatic rings. The summed E-state index contributed by atoms with van der Waals surface area (Å²) in [7, 11) is 0. The Kier molecular flexibility index (Phi) is 3.00. The predicted octanol–water partition coefficient (Wildman–Crippen LogP) is 1.62. The van der Waals surface area contributed by atoms with Crippen molar-refractivity contribution in [3.8, 4) is 0 Å². The van der Waals surface area contributed by atoms with Crippen molar-refractivity contribution in [2.45, 2.75) is 6.92 Å². The molecule has 0 bridgehead atoms. The van der Waals surface area contributed by atoms with Gasteiger partial charge >= 0.3 is 0 Å². The lowest BCUT2D eigenvalue weighted by molar-refractivity contribution is 0.102. The fourth-order valence-electron chi connectivity index (χ4n) is 1.46. The van der Waals surface area contributed by atoms with Gasteiger partial charge < -0.3 is 11.1 Å². The van der Waals surface area contributed by atoms with Crippen molar-refractivity contribution in [2.24, 2.45) is 0 Å². The van der Waals surface area contributed by atoms with Crippen molar-refractivity contribution in [1.82, 2.24) is 9.97 Å². The van der Waals surface area contributed by atoms with E-state index in [4.69, 9.17) is 5.73 Å². The first-order valence-corrected chi connectivity index (χ1v) is 5.10. The maximum absolute atomic E-state index is 11.9. The van der Waals surface area contributed by atoms with Gasteiger partial charge in [0.1, 0.15) is 6.33 Å². The van der Waals surface area contributed by atoms with E-state index in [2.05, 4.69) is 15.3 Å². The standard InChI is InChI=1S/C12H12N4O/c1-8-3-2-4-10(13)11(8)16-12(17)9-5-14-7-15-6-9/h2-7H,13H2,1H3,(H,16,17). The van der Waals surface area contributed by atoms with Crippen LogP contribution < -0.4 is 11.1 Å². The van der Waals surface area contributed by atoms with E-state index >= 15 is 0 Å². The summed E-state index contributed by atoms with van der Waals surface area (Å²) in [5.74, 6) is -0.272. The van der Waals surface area contributed by atoms with Gasteiger partial charge in [0, 0.05) is 12.4 Å². The van der Waals surface area contributed by atoms with Crippen LogP contribution in [0.15, 0.2) is 36.9 Å². The molecule has 0 aliphatic rings. The fraction of sp³-hybridized carbons (Fsp3) is 0.0833. The average molecular weight is 228 g/mol. The van der Waals surface area contributed by atoms with Crippen molar-refractivity contribution in [3.63, 3.8) is 0 Å².